The van der Waals surface area contributed by atoms with Crippen LogP contribution in [0.1, 0.15) is 12.8 Å². The minimum Gasteiger partial charge on any atom is -0.384 e. The molecule has 6 heteroatoms. The number of carbonyl (C=O) groups excluding carboxylic acids is 1. The third-order valence-corrected chi connectivity index (χ3v) is 3.14. The number of hydrogen-bond acceptors (Lipinski definition) is 5. The van der Waals surface area contributed by atoms with Crippen molar-refractivity contribution >= 4 is 11.7 Å². The molecule has 1 aliphatic rings. The molecule has 0 spiro atoms. The van der Waals surface area contributed by atoms with E-state index in [1.165, 1.54) is 6.26 Å². The van der Waals surface area contributed by atoms with Gasteiger partial charge in [-0.25, -0.2) is 0 Å². The van der Waals surface area contributed by atoms with Gasteiger partial charge in [0.25, 0.3) is 0 Å². The molecule has 0 aromatic carbocycles. The minimum atomic E-state index is -0.459. The molecule has 6 nitrogen and oxygen atoms in total. The van der Waals surface area contributed by atoms with Crippen molar-refractivity contribution in [1.29, 1.82) is 0 Å². The van der Waals surface area contributed by atoms with Crippen molar-refractivity contribution < 1.29 is 14.1 Å². The van der Waals surface area contributed by atoms with E-state index in [1.54, 1.807) is 13.2 Å². The number of ether oxygens (including phenoxy) is 1. The Hall–Kier alpha value is -1.40. The molecule has 94 valence electrons. The van der Waals surface area contributed by atoms with Gasteiger partial charge >= 0.3 is 0 Å². The van der Waals surface area contributed by atoms with Gasteiger partial charge in [-0.15, -0.1) is 0 Å². The van der Waals surface area contributed by atoms with E-state index in [0.29, 0.717) is 12.4 Å². The average molecular weight is 239 g/mol. The van der Waals surface area contributed by atoms with Gasteiger partial charge in [-0.05, 0) is 25.9 Å². The summed E-state index contributed by atoms with van der Waals surface area (Å²) in [7, 11) is 1.62. The third-order valence-electron chi connectivity index (χ3n) is 3.14. The summed E-state index contributed by atoms with van der Waals surface area (Å²) in [6.07, 6.45) is 2.97. The van der Waals surface area contributed by atoms with E-state index in [9.17, 15) is 4.79 Å². The van der Waals surface area contributed by atoms with Gasteiger partial charge in [-0.2, -0.15) is 0 Å². The molecule has 1 saturated heterocycles. The number of hydrogen-bond donors (Lipinski definition) is 2. The van der Waals surface area contributed by atoms with Crippen molar-refractivity contribution in [3.63, 3.8) is 0 Å². The number of anilines is 1. The third kappa shape index (κ3) is 2.65. The Labute approximate surface area is 99.7 Å². The molecule has 1 fully saturated rings. The Bertz CT molecular complexity index is 353. The molecule has 2 N–H and O–H groups in total. The summed E-state index contributed by atoms with van der Waals surface area (Å²) in [5.74, 6) is 0.402. The molecule has 0 aliphatic carbocycles. The highest BCUT2D eigenvalue weighted by molar-refractivity contribution is 5.94. The zero-order valence-electron chi connectivity index (χ0n) is 9.86. The van der Waals surface area contributed by atoms with Crippen LogP contribution < -0.4 is 10.6 Å². The molecule has 0 unspecified atom stereocenters. The Morgan fingerprint density at radius 1 is 1.65 bits per heavy atom. The molecule has 0 bridgehead atoms. The van der Waals surface area contributed by atoms with Crippen LogP contribution in [0.4, 0.5) is 5.82 Å². The van der Waals surface area contributed by atoms with Crippen LogP contribution in [0.25, 0.3) is 0 Å². The molecule has 2 rings (SSSR count). The van der Waals surface area contributed by atoms with Gasteiger partial charge in [0.2, 0.25) is 5.91 Å². The number of amides is 1. The standard InChI is InChI=1S/C11H17N3O3/c1-16-8-11(3-5-12-6-4-11)10(15)13-9-2-7-17-14-9/h2,7,12H,3-6,8H2,1H3,(H,13,14,15). The summed E-state index contributed by atoms with van der Waals surface area (Å²) in [4.78, 5) is 12.3. The molecule has 1 aromatic heterocycles. The quantitative estimate of drug-likeness (QED) is 0.806. The Morgan fingerprint density at radius 2 is 2.41 bits per heavy atom. The van der Waals surface area contributed by atoms with Crippen LogP contribution in [-0.2, 0) is 9.53 Å². The van der Waals surface area contributed by atoms with Crippen LogP contribution in [0, 0.1) is 5.41 Å². The lowest BCUT2D eigenvalue weighted by atomic mass is 9.78. The van der Waals surface area contributed by atoms with Crippen molar-refractivity contribution in [3.05, 3.63) is 12.3 Å². The maximum atomic E-state index is 12.3. The molecule has 1 aliphatic heterocycles. The second-order valence-corrected chi connectivity index (χ2v) is 4.30. The van der Waals surface area contributed by atoms with Gasteiger partial charge in [0, 0.05) is 13.2 Å². The highest BCUT2D eigenvalue weighted by Crippen LogP contribution is 2.30. The lowest BCUT2D eigenvalue weighted by molar-refractivity contribution is -0.130. The molecule has 17 heavy (non-hydrogen) atoms. The van der Waals surface area contributed by atoms with Crippen molar-refractivity contribution in [2.24, 2.45) is 5.41 Å². The molecule has 1 aromatic rings. The fourth-order valence-electron chi connectivity index (χ4n) is 2.14. The number of rotatable bonds is 4. The molecule has 0 radical (unpaired) electrons. The maximum absolute atomic E-state index is 12.3. The second kappa shape index (κ2) is 5.29. The van der Waals surface area contributed by atoms with Crippen LogP contribution in [0.3, 0.4) is 0 Å². The second-order valence-electron chi connectivity index (χ2n) is 4.30. The lowest BCUT2D eigenvalue weighted by Gasteiger charge is -2.35. The molecule has 0 saturated carbocycles. The van der Waals surface area contributed by atoms with Gasteiger partial charge in [-0.1, -0.05) is 5.16 Å². The van der Waals surface area contributed by atoms with Gasteiger partial charge in [0.15, 0.2) is 5.82 Å². The van der Waals surface area contributed by atoms with Gasteiger partial charge in [0.05, 0.1) is 12.0 Å². The van der Waals surface area contributed by atoms with Crippen LogP contribution in [-0.4, -0.2) is 37.9 Å². The molecular formula is C11H17N3O3. The fraction of sp³-hybridized carbons (Fsp3) is 0.636. The zero-order valence-corrected chi connectivity index (χ0v) is 9.86. The van der Waals surface area contributed by atoms with E-state index in [1.807, 2.05) is 0 Å². The molecular weight excluding hydrogens is 222 g/mol. The number of carbonyl (C=O) groups is 1. The zero-order chi connectivity index (χ0) is 12.1. The predicted molar refractivity (Wildman–Crippen MR) is 61.5 cm³/mol. The van der Waals surface area contributed by atoms with Crippen molar-refractivity contribution in [2.45, 2.75) is 12.8 Å². The van der Waals surface area contributed by atoms with E-state index in [4.69, 9.17) is 4.74 Å². The summed E-state index contributed by atoms with van der Waals surface area (Å²) in [6.45, 7) is 2.09. The first-order valence-corrected chi connectivity index (χ1v) is 5.68. The van der Waals surface area contributed by atoms with E-state index < -0.39 is 5.41 Å². The average Bonchev–Trinajstić information content (AvgIpc) is 2.83. The van der Waals surface area contributed by atoms with Crippen LogP contribution in [0.5, 0.6) is 0 Å². The monoisotopic (exact) mass is 239 g/mol. The number of methoxy groups -OCH3 is 1. The van der Waals surface area contributed by atoms with Crippen LogP contribution >= 0.6 is 0 Å². The Kier molecular flexibility index (Phi) is 3.75. The summed E-state index contributed by atoms with van der Waals surface area (Å²) in [5.41, 5.74) is -0.459. The van der Waals surface area contributed by atoms with Gasteiger partial charge in [-0.3, -0.25) is 4.79 Å². The topological polar surface area (TPSA) is 76.4 Å². The van der Waals surface area contributed by atoms with E-state index >= 15 is 0 Å². The Morgan fingerprint density at radius 3 is 3.00 bits per heavy atom. The summed E-state index contributed by atoms with van der Waals surface area (Å²) < 4.78 is 9.88. The number of nitrogens with zero attached hydrogens (tertiary/aromatic N) is 1. The van der Waals surface area contributed by atoms with E-state index in [0.717, 1.165) is 25.9 Å². The molecule has 1 amide bonds. The number of piperidine rings is 1. The first-order valence-electron chi connectivity index (χ1n) is 5.68. The Balaban J connectivity index is 2.06. The van der Waals surface area contributed by atoms with E-state index in [-0.39, 0.29) is 5.91 Å². The maximum Gasteiger partial charge on any atom is 0.234 e. The smallest absolute Gasteiger partial charge is 0.234 e. The summed E-state index contributed by atoms with van der Waals surface area (Å²) in [5, 5.41) is 9.69. The highest BCUT2D eigenvalue weighted by atomic mass is 16.5. The van der Waals surface area contributed by atoms with E-state index in [2.05, 4.69) is 20.3 Å². The normalized spacial score (nSPS) is 18.9. The molecule has 2 heterocycles. The van der Waals surface area contributed by atoms with Crippen molar-refractivity contribution in [3.8, 4) is 0 Å². The highest BCUT2D eigenvalue weighted by Gasteiger charge is 2.39. The van der Waals surface area contributed by atoms with Crippen LogP contribution in [0.15, 0.2) is 16.9 Å². The first kappa shape index (κ1) is 12.1. The number of aromatic nitrogens is 1. The van der Waals surface area contributed by atoms with Crippen molar-refractivity contribution in [2.75, 3.05) is 32.1 Å². The number of nitrogens with one attached hydrogen (secondary N) is 2. The predicted octanol–water partition coefficient (Wildman–Crippen LogP) is 0.629. The van der Waals surface area contributed by atoms with Gasteiger partial charge < -0.3 is 19.9 Å². The van der Waals surface area contributed by atoms with Crippen molar-refractivity contribution in [1.82, 2.24) is 10.5 Å². The van der Waals surface area contributed by atoms with Gasteiger partial charge in [0.1, 0.15) is 6.26 Å². The minimum absolute atomic E-state index is 0.0465. The summed E-state index contributed by atoms with van der Waals surface area (Å²) >= 11 is 0. The lowest BCUT2D eigenvalue weighted by Crippen LogP contribution is -2.47. The van der Waals surface area contributed by atoms with Crippen LogP contribution in [0.2, 0.25) is 0 Å². The summed E-state index contributed by atoms with van der Waals surface area (Å²) in [6, 6.07) is 1.62. The SMILES string of the molecule is COCC1(C(=O)Nc2ccon2)CCNCC1. The molecule has 0 atom stereocenters. The largest absolute Gasteiger partial charge is 0.384 e. The first-order chi connectivity index (χ1) is 8.27. The fourth-order valence-corrected chi connectivity index (χ4v) is 2.14.